The van der Waals surface area contributed by atoms with Crippen molar-refractivity contribution in [2.24, 2.45) is 0 Å². The van der Waals surface area contributed by atoms with E-state index < -0.39 is 11.6 Å². The van der Waals surface area contributed by atoms with E-state index in [-0.39, 0.29) is 5.91 Å². The van der Waals surface area contributed by atoms with Crippen molar-refractivity contribution >= 4 is 33.6 Å². The molecule has 1 amide bonds. The van der Waals surface area contributed by atoms with E-state index in [1.54, 1.807) is 31.2 Å². The molecule has 6 nitrogen and oxygen atoms in total. The van der Waals surface area contributed by atoms with Crippen molar-refractivity contribution < 1.29 is 13.6 Å². The summed E-state index contributed by atoms with van der Waals surface area (Å²) in [5.74, 6) is -1.33. The molecule has 3 N–H and O–H groups in total. The van der Waals surface area contributed by atoms with Crippen molar-refractivity contribution in [3.63, 3.8) is 0 Å². The van der Waals surface area contributed by atoms with Crippen molar-refractivity contribution in [1.82, 2.24) is 9.97 Å². The molecule has 0 saturated heterocycles. The highest BCUT2D eigenvalue weighted by molar-refractivity contribution is 6.14. The third-order valence-corrected chi connectivity index (χ3v) is 3.85. The Bertz CT molecular complexity index is 1150. The van der Waals surface area contributed by atoms with Crippen LogP contribution in [-0.2, 0) is 0 Å². The summed E-state index contributed by atoms with van der Waals surface area (Å²) >= 11 is 0. The lowest BCUT2D eigenvalue weighted by molar-refractivity contribution is 0.102. The molecule has 0 bridgehead atoms. The molecule has 7 heteroatoms. The number of hydrogen-bond donors (Lipinski definition) is 3. The van der Waals surface area contributed by atoms with E-state index >= 15 is 0 Å². The molecule has 24 heavy (non-hydrogen) atoms. The van der Waals surface area contributed by atoms with E-state index in [9.17, 15) is 14.0 Å². The zero-order chi connectivity index (χ0) is 16.8. The number of hydrogen-bond acceptors (Lipinski definition) is 3. The van der Waals surface area contributed by atoms with Gasteiger partial charge in [0.1, 0.15) is 5.82 Å². The second kappa shape index (κ2) is 5.09. The maximum atomic E-state index is 13.5. The van der Waals surface area contributed by atoms with Crippen molar-refractivity contribution in [2.45, 2.75) is 6.92 Å². The number of H-pyrrole nitrogens is 2. The third kappa shape index (κ3) is 2.26. The number of aromatic nitrogens is 2. The van der Waals surface area contributed by atoms with Gasteiger partial charge in [-0.3, -0.25) is 9.78 Å². The smallest absolute Gasteiger partial charge is 0.408 e. The van der Waals surface area contributed by atoms with E-state index in [1.807, 2.05) is 0 Å². The Labute approximate surface area is 134 Å². The molecule has 0 aliphatic rings. The summed E-state index contributed by atoms with van der Waals surface area (Å²) in [5, 5.41) is 3.27. The minimum atomic E-state index is -0.559. The standard InChI is InChI=1S/C17H12FN3O3/c1-8-15(11-6-9(18)2-4-12(11)19-8)16(22)20-10-3-5-14-13(7-10)21-17(23)24-14/h2-7,19H,1H3,(H,20,22)(H,21,23). The Hall–Kier alpha value is -3.35. The fraction of sp³-hybridized carbons (Fsp3) is 0.0588. The molecule has 2 aromatic carbocycles. The van der Waals surface area contributed by atoms with Gasteiger partial charge in [0.15, 0.2) is 5.58 Å². The number of aryl methyl sites for hydroxylation is 1. The molecule has 0 saturated carbocycles. The molecule has 2 heterocycles. The molecule has 0 fully saturated rings. The van der Waals surface area contributed by atoms with Gasteiger partial charge in [-0.25, -0.2) is 9.18 Å². The van der Waals surface area contributed by atoms with Crippen molar-refractivity contribution in [3.05, 3.63) is 64.0 Å². The quantitative estimate of drug-likeness (QED) is 0.528. The van der Waals surface area contributed by atoms with Gasteiger partial charge < -0.3 is 14.7 Å². The van der Waals surface area contributed by atoms with Crippen LogP contribution < -0.4 is 11.1 Å². The van der Waals surface area contributed by atoms with E-state index in [0.717, 1.165) is 0 Å². The number of anilines is 1. The van der Waals surface area contributed by atoms with E-state index in [4.69, 9.17) is 4.42 Å². The largest absolute Gasteiger partial charge is 0.417 e. The number of carbonyl (C=O) groups excluding carboxylic acids is 1. The molecule has 2 aromatic heterocycles. The summed E-state index contributed by atoms with van der Waals surface area (Å²) in [4.78, 5) is 29.4. The van der Waals surface area contributed by atoms with Crippen molar-refractivity contribution in [2.75, 3.05) is 5.32 Å². The Morgan fingerprint density at radius 3 is 2.79 bits per heavy atom. The highest BCUT2D eigenvalue weighted by Crippen LogP contribution is 2.25. The lowest BCUT2D eigenvalue weighted by atomic mass is 10.1. The minimum absolute atomic E-state index is 0.366. The van der Waals surface area contributed by atoms with E-state index in [0.29, 0.717) is 38.9 Å². The molecule has 0 aliphatic heterocycles. The van der Waals surface area contributed by atoms with Gasteiger partial charge in [-0.15, -0.1) is 0 Å². The number of benzene rings is 2. The average molecular weight is 325 g/mol. The third-order valence-electron chi connectivity index (χ3n) is 3.85. The van der Waals surface area contributed by atoms with Crippen LogP contribution >= 0.6 is 0 Å². The first-order valence-electron chi connectivity index (χ1n) is 7.23. The number of nitrogens with one attached hydrogen (secondary N) is 3. The molecule has 120 valence electrons. The Morgan fingerprint density at radius 1 is 1.12 bits per heavy atom. The molecular formula is C17H12FN3O3. The van der Waals surface area contributed by atoms with E-state index in [1.165, 1.54) is 12.1 Å². The average Bonchev–Trinajstić information content (AvgIpc) is 3.04. The number of halogens is 1. The highest BCUT2D eigenvalue weighted by atomic mass is 19.1. The normalized spacial score (nSPS) is 11.2. The predicted molar refractivity (Wildman–Crippen MR) is 87.8 cm³/mol. The molecule has 0 aliphatic carbocycles. The van der Waals surface area contributed by atoms with Crippen LogP contribution in [0.25, 0.3) is 22.0 Å². The molecule has 0 unspecified atom stereocenters. The van der Waals surface area contributed by atoms with Gasteiger partial charge in [-0.2, -0.15) is 0 Å². The van der Waals surface area contributed by atoms with E-state index in [2.05, 4.69) is 15.3 Å². The number of aromatic amines is 2. The number of carbonyl (C=O) groups is 1. The number of amides is 1. The maximum absolute atomic E-state index is 13.5. The van der Waals surface area contributed by atoms with Crippen LogP contribution in [0.3, 0.4) is 0 Å². The molecule has 0 spiro atoms. The van der Waals surface area contributed by atoms with Gasteiger partial charge in [-0.1, -0.05) is 0 Å². The fourth-order valence-electron chi connectivity index (χ4n) is 2.81. The van der Waals surface area contributed by atoms with Gasteiger partial charge in [0, 0.05) is 22.3 Å². The SMILES string of the molecule is Cc1[nH]c2ccc(F)cc2c1C(=O)Nc1ccc2oc(=O)[nH]c2c1. The van der Waals surface area contributed by atoms with Crippen LogP contribution in [0.1, 0.15) is 16.1 Å². The van der Waals surface area contributed by atoms with Gasteiger partial charge >= 0.3 is 5.76 Å². The summed E-state index contributed by atoms with van der Waals surface area (Å²) in [6.07, 6.45) is 0. The van der Waals surface area contributed by atoms with Crippen LogP contribution in [0.4, 0.5) is 10.1 Å². The molecule has 4 aromatic rings. The molecule has 0 radical (unpaired) electrons. The Morgan fingerprint density at radius 2 is 1.96 bits per heavy atom. The van der Waals surface area contributed by atoms with Crippen LogP contribution in [-0.4, -0.2) is 15.9 Å². The Kier molecular flexibility index (Phi) is 3.02. The first kappa shape index (κ1) is 14.3. The molecular weight excluding hydrogens is 313 g/mol. The zero-order valence-corrected chi connectivity index (χ0v) is 12.6. The summed E-state index contributed by atoms with van der Waals surface area (Å²) in [7, 11) is 0. The first-order chi connectivity index (χ1) is 11.5. The topological polar surface area (TPSA) is 90.9 Å². The van der Waals surface area contributed by atoms with Gasteiger partial charge in [-0.05, 0) is 43.3 Å². The Balaban J connectivity index is 1.74. The molecule has 4 rings (SSSR count). The lowest BCUT2D eigenvalue weighted by Gasteiger charge is -2.05. The van der Waals surface area contributed by atoms with Gasteiger partial charge in [0.05, 0.1) is 11.1 Å². The summed E-state index contributed by atoms with van der Waals surface area (Å²) < 4.78 is 18.4. The fourth-order valence-corrected chi connectivity index (χ4v) is 2.81. The first-order valence-corrected chi connectivity index (χ1v) is 7.23. The second-order valence-corrected chi connectivity index (χ2v) is 5.49. The zero-order valence-electron chi connectivity index (χ0n) is 12.6. The van der Waals surface area contributed by atoms with Crippen LogP contribution in [0.15, 0.2) is 45.6 Å². The van der Waals surface area contributed by atoms with Crippen LogP contribution in [0, 0.1) is 12.7 Å². The number of oxazole rings is 1. The number of rotatable bonds is 2. The number of fused-ring (bicyclic) bond motifs is 2. The predicted octanol–water partition coefficient (Wildman–Crippen LogP) is 3.30. The van der Waals surface area contributed by atoms with Crippen LogP contribution in [0.5, 0.6) is 0 Å². The van der Waals surface area contributed by atoms with Crippen LogP contribution in [0.2, 0.25) is 0 Å². The van der Waals surface area contributed by atoms with Gasteiger partial charge in [0.25, 0.3) is 5.91 Å². The summed E-state index contributed by atoms with van der Waals surface area (Å²) in [6, 6.07) is 9.07. The minimum Gasteiger partial charge on any atom is -0.408 e. The highest BCUT2D eigenvalue weighted by Gasteiger charge is 2.17. The summed E-state index contributed by atoms with van der Waals surface area (Å²) in [5.41, 5.74) is 3.10. The van der Waals surface area contributed by atoms with Crippen molar-refractivity contribution in [3.8, 4) is 0 Å². The summed E-state index contributed by atoms with van der Waals surface area (Å²) in [6.45, 7) is 1.75. The lowest BCUT2D eigenvalue weighted by Crippen LogP contribution is -2.12. The second-order valence-electron chi connectivity index (χ2n) is 5.49. The van der Waals surface area contributed by atoms with Gasteiger partial charge in [0.2, 0.25) is 0 Å². The molecule has 0 atom stereocenters. The monoisotopic (exact) mass is 325 g/mol. The maximum Gasteiger partial charge on any atom is 0.417 e. The van der Waals surface area contributed by atoms with Crippen molar-refractivity contribution in [1.29, 1.82) is 0 Å².